The molecule has 3 aromatic rings. The van der Waals surface area contributed by atoms with Crippen molar-refractivity contribution in [2.45, 2.75) is 26.0 Å². The number of amides is 1. The van der Waals surface area contributed by atoms with E-state index in [1.165, 1.54) is 5.56 Å². The molecule has 0 radical (unpaired) electrons. The number of aromatic nitrogens is 1. The first-order valence-electron chi connectivity index (χ1n) is 8.80. The van der Waals surface area contributed by atoms with Gasteiger partial charge in [-0.3, -0.25) is 9.00 Å². The Morgan fingerprint density at radius 1 is 1.11 bits per heavy atom. The second-order valence-corrected chi connectivity index (χ2v) is 7.67. The quantitative estimate of drug-likeness (QED) is 0.668. The Morgan fingerprint density at radius 2 is 1.81 bits per heavy atom. The Bertz CT molecular complexity index is 934. The lowest BCUT2D eigenvalue weighted by Crippen LogP contribution is -2.20. The third kappa shape index (κ3) is 5.14. The molecular weight excluding hydrogens is 360 g/mol. The van der Waals surface area contributed by atoms with Crippen molar-refractivity contribution in [1.82, 2.24) is 4.98 Å². The van der Waals surface area contributed by atoms with Gasteiger partial charge in [-0.05, 0) is 43.2 Å². The molecule has 1 unspecified atom stereocenters. The predicted molar refractivity (Wildman–Crippen MR) is 108 cm³/mol. The van der Waals surface area contributed by atoms with Crippen LogP contribution in [-0.4, -0.2) is 20.9 Å². The average molecular weight is 382 g/mol. The van der Waals surface area contributed by atoms with E-state index < -0.39 is 10.8 Å². The van der Waals surface area contributed by atoms with E-state index in [0.717, 1.165) is 12.0 Å². The van der Waals surface area contributed by atoms with Crippen molar-refractivity contribution in [1.29, 1.82) is 0 Å². The molecule has 0 saturated carbocycles. The van der Waals surface area contributed by atoms with Crippen molar-refractivity contribution in [2.75, 3.05) is 11.1 Å². The van der Waals surface area contributed by atoms with Crippen LogP contribution in [0.2, 0.25) is 0 Å². The summed E-state index contributed by atoms with van der Waals surface area (Å²) in [6, 6.07) is 17.2. The highest BCUT2D eigenvalue weighted by Crippen LogP contribution is 2.22. The minimum absolute atomic E-state index is 0.0809. The molecule has 5 nitrogen and oxygen atoms in total. The van der Waals surface area contributed by atoms with Gasteiger partial charge < -0.3 is 9.73 Å². The molecular formula is C21H22N2O3S. The van der Waals surface area contributed by atoms with Crippen LogP contribution in [0, 0.1) is 6.92 Å². The minimum Gasteiger partial charge on any atom is -0.441 e. The summed E-state index contributed by atoms with van der Waals surface area (Å²) >= 11 is 0. The number of hydrogen-bond acceptors (Lipinski definition) is 4. The van der Waals surface area contributed by atoms with Gasteiger partial charge in [-0.1, -0.05) is 37.3 Å². The number of carbonyl (C=O) groups excluding carboxylic acids is 1. The van der Waals surface area contributed by atoms with E-state index >= 15 is 0 Å². The van der Waals surface area contributed by atoms with Gasteiger partial charge in [0.05, 0.1) is 11.4 Å². The minimum atomic E-state index is -1.37. The largest absolute Gasteiger partial charge is 0.441 e. The monoisotopic (exact) mass is 382 g/mol. The van der Waals surface area contributed by atoms with Gasteiger partial charge in [0.25, 0.3) is 0 Å². The van der Waals surface area contributed by atoms with Gasteiger partial charge in [-0.15, -0.1) is 0 Å². The smallest absolute Gasteiger partial charge is 0.237 e. The number of oxazole rings is 1. The maximum Gasteiger partial charge on any atom is 0.237 e. The molecule has 0 aliphatic heterocycles. The van der Waals surface area contributed by atoms with Crippen molar-refractivity contribution < 1.29 is 13.4 Å². The van der Waals surface area contributed by atoms with Gasteiger partial charge in [0.1, 0.15) is 11.5 Å². The zero-order chi connectivity index (χ0) is 19.2. The molecule has 2 aromatic carbocycles. The summed E-state index contributed by atoms with van der Waals surface area (Å²) in [6.07, 6.45) is 0.945. The normalized spacial score (nSPS) is 11.9. The predicted octanol–water partition coefficient (Wildman–Crippen LogP) is 4.10. The summed E-state index contributed by atoms with van der Waals surface area (Å²) in [5.74, 6) is 0.952. The van der Waals surface area contributed by atoms with Crippen molar-refractivity contribution in [3.8, 4) is 11.5 Å². The Labute approximate surface area is 161 Å². The van der Waals surface area contributed by atoms with Crippen molar-refractivity contribution in [3.63, 3.8) is 0 Å². The zero-order valence-electron chi connectivity index (χ0n) is 15.4. The van der Waals surface area contributed by atoms with Gasteiger partial charge in [0, 0.05) is 22.1 Å². The summed E-state index contributed by atoms with van der Waals surface area (Å²) in [5.41, 5.74) is 3.39. The highest BCUT2D eigenvalue weighted by molar-refractivity contribution is 7.84. The Balaban J connectivity index is 1.58. The van der Waals surface area contributed by atoms with E-state index in [2.05, 4.69) is 17.2 Å². The molecule has 27 heavy (non-hydrogen) atoms. The summed E-state index contributed by atoms with van der Waals surface area (Å²) in [4.78, 5) is 16.6. The Morgan fingerprint density at radius 3 is 2.48 bits per heavy atom. The van der Waals surface area contributed by atoms with Crippen LogP contribution >= 0.6 is 0 Å². The first-order chi connectivity index (χ1) is 13.0. The molecule has 1 heterocycles. The molecule has 140 valence electrons. The number of nitrogens with zero attached hydrogens (tertiary/aromatic N) is 1. The number of anilines is 1. The van der Waals surface area contributed by atoms with E-state index in [4.69, 9.17) is 4.42 Å². The highest BCUT2D eigenvalue weighted by Gasteiger charge is 2.16. The van der Waals surface area contributed by atoms with Crippen molar-refractivity contribution in [2.24, 2.45) is 0 Å². The molecule has 6 heteroatoms. The highest BCUT2D eigenvalue weighted by atomic mass is 32.2. The summed E-state index contributed by atoms with van der Waals surface area (Å²) in [6.45, 7) is 3.87. The van der Waals surface area contributed by atoms with Crippen LogP contribution in [0.3, 0.4) is 0 Å². The van der Waals surface area contributed by atoms with Gasteiger partial charge >= 0.3 is 0 Å². The van der Waals surface area contributed by atoms with Gasteiger partial charge in [-0.2, -0.15) is 0 Å². The molecule has 1 aromatic heterocycles. The van der Waals surface area contributed by atoms with Gasteiger partial charge in [0.15, 0.2) is 0 Å². The van der Waals surface area contributed by atoms with Crippen LogP contribution in [0.25, 0.3) is 11.5 Å². The maximum atomic E-state index is 12.4. The van der Waals surface area contributed by atoms with Crippen LogP contribution < -0.4 is 5.32 Å². The van der Waals surface area contributed by atoms with E-state index in [0.29, 0.717) is 23.0 Å². The second kappa shape index (κ2) is 8.77. The summed E-state index contributed by atoms with van der Waals surface area (Å²) < 4.78 is 18.1. The van der Waals surface area contributed by atoms with Crippen molar-refractivity contribution >= 4 is 22.4 Å². The molecule has 0 aliphatic carbocycles. The fourth-order valence-electron chi connectivity index (χ4n) is 2.64. The Kier molecular flexibility index (Phi) is 6.19. The maximum absolute atomic E-state index is 12.4. The molecule has 0 saturated heterocycles. The van der Waals surface area contributed by atoms with E-state index in [1.54, 1.807) is 6.92 Å². The lowest BCUT2D eigenvalue weighted by Gasteiger charge is -2.06. The van der Waals surface area contributed by atoms with Crippen LogP contribution in [0.15, 0.2) is 59.0 Å². The van der Waals surface area contributed by atoms with Gasteiger partial charge in [0.2, 0.25) is 11.8 Å². The first-order valence-corrected chi connectivity index (χ1v) is 10.3. The third-order valence-corrected chi connectivity index (χ3v) is 5.33. The average Bonchev–Trinajstić information content (AvgIpc) is 3.03. The number of rotatable bonds is 7. The molecule has 3 rings (SSSR count). The van der Waals surface area contributed by atoms with Crippen LogP contribution in [-0.2, 0) is 27.8 Å². The molecule has 0 spiro atoms. The lowest BCUT2D eigenvalue weighted by atomic mass is 10.1. The number of hydrogen-bond donors (Lipinski definition) is 1. The summed E-state index contributed by atoms with van der Waals surface area (Å²) in [7, 11) is -1.37. The Hall–Kier alpha value is -2.73. The second-order valence-electron chi connectivity index (χ2n) is 6.22. The van der Waals surface area contributed by atoms with Crippen LogP contribution in [0.5, 0.6) is 0 Å². The molecule has 1 atom stereocenters. The van der Waals surface area contributed by atoms with Gasteiger partial charge in [-0.25, -0.2) is 4.98 Å². The zero-order valence-corrected chi connectivity index (χ0v) is 16.2. The number of nitrogens with one attached hydrogen (secondary N) is 1. The van der Waals surface area contributed by atoms with Crippen LogP contribution in [0.1, 0.15) is 23.9 Å². The fraction of sp³-hybridized carbons (Fsp3) is 0.238. The standard InChI is InChI=1S/C21H22N2O3S/c1-3-16-9-11-18(12-10-16)22-20(24)14-27(25)13-19-15(2)26-21(23-19)17-7-5-4-6-8-17/h4-12H,3,13-14H2,1-2H3,(H,22,24). The molecule has 1 N–H and O–H groups in total. The van der Waals surface area contributed by atoms with Crippen molar-refractivity contribution in [3.05, 3.63) is 71.6 Å². The molecule has 0 fully saturated rings. The fourth-order valence-corrected chi connectivity index (χ4v) is 3.68. The van der Waals surface area contributed by atoms with E-state index in [9.17, 15) is 9.00 Å². The third-order valence-electron chi connectivity index (χ3n) is 4.15. The topological polar surface area (TPSA) is 72.2 Å². The first kappa shape index (κ1) is 19.0. The molecule has 0 aliphatic rings. The van der Waals surface area contributed by atoms with E-state index in [-0.39, 0.29) is 17.4 Å². The molecule has 1 amide bonds. The van der Waals surface area contributed by atoms with E-state index in [1.807, 2.05) is 54.6 Å². The number of carbonyl (C=O) groups is 1. The van der Waals surface area contributed by atoms with Crippen LogP contribution in [0.4, 0.5) is 5.69 Å². The lowest BCUT2D eigenvalue weighted by molar-refractivity contribution is -0.113. The number of benzene rings is 2. The molecule has 0 bridgehead atoms. The SMILES string of the molecule is CCc1ccc(NC(=O)CS(=O)Cc2nc(-c3ccccc3)oc2C)cc1. The number of aryl methyl sites for hydroxylation is 2. The summed E-state index contributed by atoms with van der Waals surface area (Å²) in [5, 5.41) is 2.78.